The van der Waals surface area contributed by atoms with Crippen molar-refractivity contribution in [2.75, 3.05) is 0 Å². The molecule has 3 nitrogen and oxygen atoms in total. The van der Waals surface area contributed by atoms with Crippen LogP contribution in [0.1, 0.15) is 25.3 Å². The molecule has 0 aliphatic carbocycles. The summed E-state index contributed by atoms with van der Waals surface area (Å²) in [6.45, 7) is 4.28. The minimum Gasteiger partial charge on any atom is -0.304 e. The number of rotatable bonds is 3. The molecule has 0 bridgehead atoms. The van der Waals surface area contributed by atoms with E-state index in [-0.39, 0.29) is 20.1 Å². The average molecular weight is 644 g/mol. The van der Waals surface area contributed by atoms with E-state index in [0.717, 1.165) is 33.4 Å². The quantitative estimate of drug-likeness (QED) is 0.145. The molecule has 0 fully saturated rings. The van der Waals surface area contributed by atoms with E-state index in [9.17, 15) is 0 Å². The van der Waals surface area contributed by atoms with Crippen LogP contribution in [0.5, 0.6) is 0 Å². The minimum atomic E-state index is 0. The first-order valence-electron chi connectivity index (χ1n) is 11.7. The van der Waals surface area contributed by atoms with Crippen LogP contribution in [0.25, 0.3) is 44.2 Å². The molecule has 6 aromatic rings. The fourth-order valence-corrected chi connectivity index (χ4v) is 3.92. The Morgan fingerprint density at radius 2 is 1.42 bits per heavy atom. The molecule has 179 valence electrons. The molecule has 1 radical (unpaired) electrons. The van der Waals surface area contributed by atoms with Crippen molar-refractivity contribution in [2.24, 2.45) is 0 Å². The molecule has 0 unspecified atom stereocenters. The van der Waals surface area contributed by atoms with Gasteiger partial charge in [-0.3, -0.25) is 9.97 Å². The van der Waals surface area contributed by atoms with E-state index >= 15 is 0 Å². The first-order valence-corrected chi connectivity index (χ1v) is 11.7. The van der Waals surface area contributed by atoms with Gasteiger partial charge in [0.2, 0.25) is 0 Å². The summed E-state index contributed by atoms with van der Waals surface area (Å²) in [5, 5.41) is 3.46. The number of nitrogens with zero attached hydrogens (tertiary/aromatic N) is 3. The number of pyridine rings is 1. The SMILES string of the molecule is CC(C)c1cnc(-c2[c-]ccc(-c3ccccc3)c2)nc1.[Ir].[c-]1cccc2ccc3cccnc3c12. The Kier molecular flexibility index (Phi) is 8.32. The molecule has 2 aromatic heterocycles. The third-order valence-electron chi connectivity index (χ3n) is 5.89. The molecule has 0 aliphatic rings. The summed E-state index contributed by atoms with van der Waals surface area (Å²) in [5.74, 6) is 1.16. The molecule has 2 heterocycles. The second kappa shape index (κ2) is 11.8. The van der Waals surface area contributed by atoms with E-state index in [1.165, 1.54) is 16.3 Å². The van der Waals surface area contributed by atoms with E-state index in [1.807, 2.05) is 61.1 Å². The van der Waals surface area contributed by atoms with Crippen LogP contribution in [0.2, 0.25) is 0 Å². The Bertz CT molecular complexity index is 1510. The van der Waals surface area contributed by atoms with Crippen molar-refractivity contribution >= 4 is 21.7 Å². The van der Waals surface area contributed by atoms with Crippen molar-refractivity contribution in [3.05, 3.63) is 127 Å². The second-order valence-corrected chi connectivity index (χ2v) is 8.63. The summed E-state index contributed by atoms with van der Waals surface area (Å²) < 4.78 is 0. The Labute approximate surface area is 225 Å². The molecule has 6 rings (SSSR count). The zero-order valence-electron chi connectivity index (χ0n) is 20.1. The van der Waals surface area contributed by atoms with Gasteiger partial charge in [-0.15, -0.1) is 70.4 Å². The van der Waals surface area contributed by atoms with Crippen LogP contribution >= 0.6 is 0 Å². The average Bonchev–Trinajstić information content (AvgIpc) is 2.94. The maximum atomic E-state index is 4.46. The zero-order valence-corrected chi connectivity index (χ0v) is 22.5. The molecular formula is C32H25IrN3-2. The van der Waals surface area contributed by atoms with Gasteiger partial charge in [0.1, 0.15) is 0 Å². The number of hydrogen-bond acceptors (Lipinski definition) is 3. The molecule has 36 heavy (non-hydrogen) atoms. The van der Waals surface area contributed by atoms with Gasteiger partial charge in [0.25, 0.3) is 0 Å². The van der Waals surface area contributed by atoms with Crippen LogP contribution < -0.4 is 0 Å². The molecular weight excluding hydrogens is 619 g/mol. The van der Waals surface area contributed by atoms with Gasteiger partial charge in [0, 0.05) is 38.7 Å². The molecule has 0 atom stereocenters. The summed E-state index contributed by atoms with van der Waals surface area (Å²) in [4.78, 5) is 13.3. The molecule has 0 saturated carbocycles. The molecule has 0 aliphatic heterocycles. The van der Waals surface area contributed by atoms with Crippen molar-refractivity contribution in [2.45, 2.75) is 19.8 Å². The Morgan fingerprint density at radius 3 is 2.19 bits per heavy atom. The molecule has 0 amide bonds. The number of fused-ring (bicyclic) bond motifs is 3. The molecule has 4 aromatic carbocycles. The van der Waals surface area contributed by atoms with Crippen LogP contribution in [0.15, 0.2) is 110 Å². The summed E-state index contributed by atoms with van der Waals surface area (Å²) >= 11 is 0. The summed E-state index contributed by atoms with van der Waals surface area (Å²) in [5.41, 5.74) is 5.45. The van der Waals surface area contributed by atoms with Gasteiger partial charge in [-0.1, -0.05) is 62.4 Å². The largest absolute Gasteiger partial charge is 0.304 e. The standard InChI is InChI=1S/C19H17N2.C13H8N.Ir/c1-14(2)18-12-20-19(21-13-18)17-10-6-9-16(11-17)15-7-4-3-5-8-15;1-2-6-12-10(4-1)7-8-11-5-3-9-14-13(11)12;/h3-9,11-14H,1-2H3;1-5,7-9H;/q2*-1;. The Balaban J connectivity index is 0.000000176. The van der Waals surface area contributed by atoms with Gasteiger partial charge in [-0.25, -0.2) is 0 Å². The number of aromatic nitrogens is 3. The van der Waals surface area contributed by atoms with Crippen molar-refractivity contribution in [3.63, 3.8) is 0 Å². The predicted octanol–water partition coefficient (Wildman–Crippen LogP) is 7.92. The van der Waals surface area contributed by atoms with Crippen LogP contribution in [0.3, 0.4) is 0 Å². The Morgan fingerprint density at radius 1 is 0.667 bits per heavy atom. The van der Waals surface area contributed by atoms with Gasteiger partial charge in [0.05, 0.1) is 5.82 Å². The third-order valence-corrected chi connectivity index (χ3v) is 5.89. The first kappa shape index (κ1) is 25.4. The summed E-state index contributed by atoms with van der Waals surface area (Å²) in [7, 11) is 0. The van der Waals surface area contributed by atoms with Crippen molar-refractivity contribution in [1.82, 2.24) is 15.0 Å². The minimum absolute atomic E-state index is 0. The molecule has 0 spiro atoms. The van der Waals surface area contributed by atoms with E-state index in [2.05, 4.69) is 89.5 Å². The summed E-state index contributed by atoms with van der Waals surface area (Å²) in [6, 6.07) is 37.1. The molecule has 0 N–H and O–H groups in total. The summed E-state index contributed by atoms with van der Waals surface area (Å²) in [6.07, 6.45) is 5.62. The maximum absolute atomic E-state index is 4.46. The van der Waals surface area contributed by atoms with Crippen LogP contribution in [-0.2, 0) is 20.1 Å². The second-order valence-electron chi connectivity index (χ2n) is 8.63. The van der Waals surface area contributed by atoms with Crippen molar-refractivity contribution < 1.29 is 20.1 Å². The van der Waals surface area contributed by atoms with E-state index < -0.39 is 0 Å². The molecule has 4 heteroatoms. The van der Waals surface area contributed by atoms with Gasteiger partial charge in [-0.2, -0.15) is 0 Å². The first-order chi connectivity index (χ1) is 17.2. The van der Waals surface area contributed by atoms with Gasteiger partial charge in [-0.05, 0) is 34.0 Å². The van der Waals surface area contributed by atoms with E-state index in [4.69, 9.17) is 0 Å². The topological polar surface area (TPSA) is 38.7 Å². The fraction of sp³-hybridized carbons (Fsp3) is 0.0938. The maximum Gasteiger partial charge on any atom is 0.0748 e. The van der Waals surface area contributed by atoms with Crippen LogP contribution in [-0.4, -0.2) is 15.0 Å². The van der Waals surface area contributed by atoms with Gasteiger partial charge in [0.15, 0.2) is 0 Å². The van der Waals surface area contributed by atoms with Gasteiger partial charge >= 0.3 is 0 Å². The number of benzene rings is 4. The normalized spacial score (nSPS) is 10.5. The number of hydrogen-bond donors (Lipinski definition) is 0. The third kappa shape index (κ3) is 5.73. The fourth-order valence-electron chi connectivity index (χ4n) is 3.92. The smallest absolute Gasteiger partial charge is 0.0748 e. The zero-order chi connectivity index (χ0) is 24.0. The van der Waals surface area contributed by atoms with Crippen molar-refractivity contribution in [1.29, 1.82) is 0 Å². The van der Waals surface area contributed by atoms with Gasteiger partial charge < -0.3 is 4.98 Å². The van der Waals surface area contributed by atoms with Crippen molar-refractivity contribution in [3.8, 4) is 22.5 Å². The molecule has 0 saturated heterocycles. The van der Waals surface area contributed by atoms with E-state index in [0.29, 0.717) is 5.92 Å². The van der Waals surface area contributed by atoms with Crippen LogP contribution in [0.4, 0.5) is 0 Å². The predicted molar refractivity (Wildman–Crippen MR) is 144 cm³/mol. The monoisotopic (exact) mass is 644 g/mol. The Hall–Kier alpha value is -3.72. The van der Waals surface area contributed by atoms with Crippen LogP contribution in [0, 0.1) is 12.1 Å². The van der Waals surface area contributed by atoms with E-state index in [1.54, 1.807) is 0 Å².